The highest BCUT2D eigenvalue weighted by atomic mass is 35.5. The summed E-state index contributed by atoms with van der Waals surface area (Å²) < 4.78 is 27.3. The highest BCUT2D eigenvalue weighted by Gasteiger charge is 2.33. The summed E-state index contributed by atoms with van der Waals surface area (Å²) in [4.78, 5) is 0.384. The molecule has 2 aliphatic heterocycles. The number of sulfonamides is 1. The third-order valence-electron chi connectivity index (χ3n) is 4.92. The Morgan fingerprint density at radius 2 is 1.91 bits per heavy atom. The van der Waals surface area contributed by atoms with E-state index in [1.54, 1.807) is 29.4 Å². The molecule has 2 fully saturated rings. The summed E-state index contributed by atoms with van der Waals surface area (Å²) in [7, 11) is -3.40. The van der Waals surface area contributed by atoms with Gasteiger partial charge in [-0.05, 0) is 68.8 Å². The Morgan fingerprint density at radius 3 is 2.48 bits per heavy atom. The summed E-state index contributed by atoms with van der Waals surface area (Å²) in [6.45, 7) is 4.14. The van der Waals surface area contributed by atoms with Gasteiger partial charge in [0.1, 0.15) is 0 Å². The number of hydrogen-bond donors (Lipinski definition) is 1. The van der Waals surface area contributed by atoms with E-state index in [1.807, 2.05) is 0 Å². The molecule has 0 bridgehead atoms. The molecular weight excluding hydrogens is 355 g/mol. The molecule has 0 amide bonds. The SMILES string of the molecule is Cc1cc(Cl)ccc1S(=O)(=O)N1CCC(C2CCCN2)CC1.Cl. The van der Waals surface area contributed by atoms with Gasteiger partial charge in [-0.2, -0.15) is 4.31 Å². The van der Waals surface area contributed by atoms with E-state index in [-0.39, 0.29) is 12.4 Å². The minimum atomic E-state index is -3.40. The molecule has 2 saturated heterocycles. The van der Waals surface area contributed by atoms with Gasteiger partial charge in [0.25, 0.3) is 0 Å². The minimum Gasteiger partial charge on any atom is -0.314 e. The first-order valence-corrected chi connectivity index (χ1v) is 9.80. The van der Waals surface area contributed by atoms with Crippen molar-refractivity contribution in [1.29, 1.82) is 0 Å². The zero-order chi connectivity index (χ0) is 15.7. The zero-order valence-electron chi connectivity index (χ0n) is 13.3. The predicted molar refractivity (Wildman–Crippen MR) is 95.9 cm³/mol. The normalized spacial score (nSPS) is 23.7. The van der Waals surface area contributed by atoms with E-state index >= 15 is 0 Å². The van der Waals surface area contributed by atoms with Gasteiger partial charge < -0.3 is 5.32 Å². The molecule has 3 rings (SSSR count). The molecule has 0 aromatic heterocycles. The lowest BCUT2D eigenvalue weighted by molar-refractivity contribution is 0.234. The molecule has 1 aromatic rings. The fourth-order valence-corrected chi connectivity index (χ4v) is 5.58. The molecular formula is C16H24Cl2N2O2S. The number of halogens is 2. The summed E-state index contributed by atoms with van der Waals surface area (Å²) in [6, 6.07) is 5.57. The summed E-state index contributed by atoms with van der Waals surface area (Å²) in [5, 5.41) is 4.12. The number of benzene rings is 1. The maximum atomic E-state index is 12.8. The maximum Gasteiger partial charge on any atom is 0.243 e. The number of piperidine rings is 1. The molecule has 1 aromatic carbocycles. The van der Waals surface area contributed by atoms with Crippen molar-refractivity contribution in [2.45, 2.75) is 43.5 Å². The van der Waals surface area contributed by atoms with Crippen molar-refractivity contribution < 1.29 is 8.42 Å². The van der Waals surface area contributed by atoms with Gasteiger partial charge in [-0.15, -0.1) is 12.4 Å². The van der Waals surface area contributed by atoms with E-state index in [1.165, 1.54) is 12.8 Å². The van der Waals surface area contributed by atoms with Crippen molar-refractivity contribution in [3.63, 3.8) is 0 Å². The van der Waals surface area contributed by atoms with Crippen LogP contribution in [0.5, 0.6) is 0 Å². The topological polar surface area (TPSA) is 49.4 Å². The third kappa shape index (κ3) is 4.02. The molecule has 23 heavy (non-hydrogen) atoms. The maximum absolute atomic E-state index is 12.8. The lowest BCUT2D eigenvalue weighted by Crippen LogP contribution is -2.43. The Bertz CT molecular complexity index is 637. The van der Waals surface area contributed by atoms with Crippen molar-refractivity contribution in [3.8, 4) is 0 Å². The van der Waals surface area contributed by atoms with Crippen LogP contribution < -0.4 is 5.32 Å². The molecule has 2 aliphatic rings. The van der Waals surface area contributed by atoms with Gasteiger partial charge in [-0.3, -0.25) is 0 Å². The first kappa shape index (κ1) is 19.0. The van der Waals surface area contributed by atoms with Crippen LogP contribution in [0.4, 0.5) is 0 Å². The standard InChI is InChI=1S/C16H23ClN2O2S.ClH/c1-12-11-14(17)4-5-16(12)22(20,21)19-9-6-13(7-10-19)15-3-2-8-18-15;/h4-5,11,13,15,18H,2-3,6-10H2,1H3;1H. The highest BCUT2D eigenvalue weighted by molar-refractivity contribution is 7.89. The van der Waals surface area contributed by atoms with Gasteiger partial charge >= 0.3 is 0 Å². The van der Waals surface area contributed by atoms with Crippen molar-refractivity contribution in [2.75, 3.05) is 19.6 Å². The van der Waals surface area contributed by atoms with Crippen molar-refractivity contribution in [1.82, 2.24) is 9.62 Å². The van der Waals surface area contributed by atoms with Crippen LogP contribution >= 0.6 is 24.0 Å². The van der Waals surface area contributed by atoms with Gasteiger partial charge in [-0.25, -0.2) is 8.42 Å². The van der Waals surface area contributed by atoms with Crippen LogP contribution in [-0.4, -0.2) is 38.4 Å². The van der Waals surface area contributed by atoms with Crippen molar-refractivity contribution >= 4 is 34.0 Å². The molecule has 1 unspecified atom stereocenters. The fraction of sp³-hybridized carbons (Fsp3) is 0.625. The summed E-state index contributed by atoms with van der Waals surface area (Å²) in [5.74, 6) is 0.611. The van der Waals surface area contributed by atoms with E-state index in [4.69, 9.17) is 11.6 Å². The van der Waals surface area contributed by atoms with E-state index in [0.717, 1.165) is 19.4 Å². The van der Waals surface area contributed by atoms with Gasteiger partial charge in [0, 0.05) is 24.2 Å². The Hall–Kier alpha value is -0.330. The Kier molecular flexibility index (Phi) is 6.36. The second-order valence-corrected chi connectivity index (χ2v) is 8.70. The lowest BCUT2D eigenvalue weighted by Gasteiger charge is -2.34. The number of hydrogen-bond acceptors (Lipinski definition) is 3. The van der Waals surface area contributed by atoms with Gasteiger partial charge in [0.15, 0.2) is 0 Å². The van der Waals surface area contributed by atoms with E-state index in [2.05, 4.69) is 5.32 Å². The van der Waals surface area contributed by atoms with Crippen molar-refractivity contribution in [2.24, 2.45) is 5.92 Å². The van der Waals surface area contributed by atoms with Gasteiger partial charge in [0.05, 0.1) is 4.90 Å². The van der Waals surface area contributed by atoms with E-state index in [9.17, 15) is 8.42 Å². The molecule has 1 atom stereocenters. The van der Waals surface area contributed by atoms with Gasteiger partial charge in [-0.1, -0.05) is 11.6 Å². The first-order valence-electron chi connectivity index (χ1n) is 7.98. The molecule has 0 aliphatic carbocycles. The molecule has 7 heteroatoms. The number of nitrogens with one attached hydrogen (secondary N) is 1. The second-order valence-electron chi connectivity index (χ2n) is 6.35. The van der Waals surface area contributed by atoms with Crippen LogP contribution in [0, 0.1) is 12.8 Å². The third-order valence-corrected chi connectivity index (χ3v) is 7.21. The van der Waals surface area contributed by atoms with Crippen LogP contribution in [-0.2, 0) is 10.0 Å². The predicted octanol–water partition coefficient (Wildman–Crippen LogP) is 3.22. The first-order chi connectivity index (χ1) is 10.5. The molecule has 130 valence electrons. The average Bonchev–Trinajstić information content (AvgIpc) is 3.01. The summed E-state index contributed by atoms with van der Waals surface area (Å²) in [6.07, 6.45) is 4.37. The Morgan fingerprint density at radius 1 is 1.22 bits per heavy atom. The van der Waals surface area contributed by atoms with Crippen molar-refractivity contribution in [3.05, 3.63) is 28.8 Å². The number of nitrogens with zero attached hydrogens (tertiary/aromatic N) is 1. The Balaban J connectivity index is 0.00000192. The minimum absolute atomic E-state index is 0. The highest BCUT2D eigenvalue weighted by Crippen LogP contribution is 2.30. The molecule has 0 spiro atoms. The molecule has 2 heterocycles. The van der Waals surface area contributed by atoms with Crippen LogP contribution in [0.1, 0.15) is 31.2 Å². The molecule has 1 N–H and O–H groups in total. The van der Waals surface area contributed by atoms with Crippen LogP contribution in [0.15, 0.2) is 23.1 Å². The van der Waals surface area contributed by atoms with Crippen LogP contribution in [0.3, 0.4) is 0 Å². The smallest absolute Gasteiger partial charge is 0.243 e. The quantitative estimate of drug-likeness (QED) is 0.877. The zero-order valence-corrected chi connectivity index (χ0v) is 15.7. The van der Waals surface area contributed by atoms with E-state index < -0.39 is 10.0 Å². The van der Waals surface area contributed by atoms with E-state index in [0.29, 0.717) is 40.5 Å². The Labute approximate surface area is 150 Å². The summed E-state index contributed by atoms with van der Waals surface area (Å²) >= 11 is 5.93. The number of rotatable bonds is 3. The molecule has 0 radical (unpaired) electrons. The molecule has 0 saturated carbocycles. The van der Waals surface area contributed by atoms with Gasteiger partial charge in [0.2, 0.25) is 10.0 Å². The van der Waals surface area contributed by atoms with Crippen LogP contribution in [0.2, 0.25) is 5.02 Å². The summed E-state index contributed by atoms with van der Waals surface area (Å²) in [5.41, 5.74) is 0.715. The lowest BCUT2D eigenvalue weighted by atomic mass is 9.89. The van der Waals surface area contributed by atoms with Crippen LogP contribution in [0.25, 0.3) is 0 Å². The average molecular weight is 379 g/mol. The monoisotopic (exact) mass is 378 g/mol. The number of aryl methyl sites for hydroxylation is 1. The molecule has 4 nitrogen and oxygen atoms in total. The second kappa shape index (κ2) is 7.70. The largest absolute Gasteiger partial charge is 0.314 e. The fourth-order valence-electron chi connectivity index (χ4n) is 3.67.